The van der Waals surface area contributed by atoms with Crippen LogP contribution in [0.25, 0.3) is 11.2 Å². The van der Waals surface area contributed by atoms with Gasteiger partial charge in [0.1, 0.15) is 54.9 Å². The van der Waals surface area contributed by atoms with Gasteiger partial charge in [0.25, 0.3) is 5.56 Å². The number of nitrogens with one attached hydrogen (secondary N) is 1. The van der Waals surface area contributed by atoms with Gasteiger partial charge in [0.05, 0.1) is 25.1 Å². The van der Waals surface area contributed by atoms with E-state index in [9.17, 15) is 43.9 Å². The number of aliphatic hydroxyl groups excluding tert-OH is 6. The molecule has 0 amide bonds. The molecule has 10 N–H and O–H groups in total. The van der Waals surface area contributed by atoms with E-state index in [2.05, 4.69) is 19.1 Å². The van der Waals surface area contributed by atoms with Crippen LogP contribution in [0.2, 0.25) is 0 Å². The zero-order chi connectivity index (χ0) is 32.2. The smallest absolute Gasteiger partial charge is 0.388 e. The summed E-state index contributed by atoms with van der Waals surface area (Å²) in [4.78, 5) is 22.4. The molecular weight excluding hydrogens is 622 g/mol. The number of aromatic amines is 1. The lowest BCUT2D eigenvalue weighted by Gasteiger charge is -2.46. The minimum atomic E-state index is -4.99. The van der Waals surface area contributed by atoms with Crippen molar-refractivity contribution in [3.63, 3.8) is 0 Å². The molecule has 0 spiro atoms. The molecule has 3 aliphatic heterocycles. The average Bonchev–Trinajstić information content (AvgIpc) is 3.50. The molecule has 2 aromatic heterocycles. The zero-order valence-corrected chi connectivity index (χ0v) is 23.8. The van der Waals surface area contributed by atoms with Crippen molar-refractivity contribution in [1.82, 2.24) is 19.5 Å². The summed E-state index contributed by atoms with van der Waals surface area (Å²) < 4.78 is 65.5. The van der Waals surface area contributed by atoms with E-state index in [1.807, 2.05) is 0 Å². The number of nitrogens with zero attached hydrogens (tertiary/aromatic N) is 3. The van der Waals surface area contributed by atoms with E-state index in [0.717, 1.165) is 10.9 Å². The van der Waals surface area contributed by atoms with Crippen molar-refractivity contribution in [1.29, 1.82) is 0 Å². The molecule has 2 aromatic rings. The summed E-state index contributed by atoms with van der Waals surface area (Å²) in [6.07, 6.45) is -20.4. The third-order valence-electron chi connectivity index (χ3n) is 7.59. The number of H-pyrrole nitrogens is 1. The summed E-state index contributed by atoms with van der Waals surface area (Å²) in [6.45, 7) is 1.88. The summed E-state index contributed by atoms with van der Waals surface area (Å²) in [5, 5.41) is 63.5. The van der Waals surface area contributed by atoms with Crippen molar-refractivity contribution in [3.05, 3.63) is 16.7 Å². The van der Waals surface area contributed by atoms with Crippen molar-refractivity contribution in [2.45, 2.75) is 99.8 Å². The Bertz CT molecular complexity index is 1490. The Morgan fingerprint density at radius 2 is 1.52 bits per heavy atom. The number of rotatable bonds is 8. The van der Waals surface area contributed by atoms with E-state index in [-0.39, 0.29) is 17.1 Å². The fourth-order valence-electron chi connectivity index (χ4n) is 5.24. The Labute approximate surface area is 247 Å². The van der Waals surface area contributed by atoms with Crippen molar-refractivity contribution < 1.29 is 71.5 Å². The minimum Gasteiger partial charge on any atom is -0.388 e. The summed E-state index contributed by atoms with van der Waals surface area (Å²) in [5.41, 5.74) is 4.65. The van der Waals surface area contributed by atoms with Gasteiger partial charge in [0, 0.05) is 0 Å². The first-order valence-electron chi connectivity index (χ1n) is 13.3. The Morgan fingerprint density at radius 1 is 0.909 bits per heavy atom. The van der Waals surface area contributed by atoms with Crippen LogP contribution in [-0.4, -0.2) is 149 Å². The molecular formula is C22H33N5O16S. The highest BCUT2D eigenvalue weighted by atomic mass is 32.3. The van der Waals surface area contributed by atoms with Crippen LogP contribution in [0.3, 0.4) is 0 Å². The number of anilines is 1. The summed E-state index contributed by atoms with van der Waals surface area (Å²) in [7, 11) is -4.99. The first-order chi connectivity index (χ1) is 20.6. The standard InChI is InChI=1S/C22H33N5O16S/c1-5-9(28)11(30)12(31)20(39-5)43-16-10(29)6(2)40-21(14(16)33)42-15-7(3-38-44(35,36)37)41-19(13(15)32)27-4-24-8-17(27)25-22(23)26-18(8)34/h4-7,9-16,19-21,28-33H,3H2,1-2H3,(H,35,36,37)(H3,23,25,26,34)/t5-,6-,7+,9+,10+,11+,12-,13+,14-,15+,16+,19+,20-,21-/m0/s1. The highest BCUT2D eigenvalue weighted by Crippen LogP contribution is 2.36. The summed E-state index contributed by atoms with van der Waals surface area (Å²) >= 11 is 0. The van der Waals surface area contributed by atoms with Crippen LogP contribution in [0.4, 0.5) is 5.95 Å². The maximum absolute atomic E-state index is 12.2. The monoisotopic (exact) mass is 655 g/mol. The number of aliphatic hydroxyl groups is 6. The molecule has 44 heavy (non-hydrogen) atoms. The molecule has 0 bridgehead atoms. The van der Waals surface area contributed by atoms with Crippen LogP contribution in [0.15, 0.2) is 11.1 Å². The fraction of sp³-hybridized carbons (Fsp3) is 0.773. The first kappa shape index (κ1) is 33.0. The molecule has 0 saturated carbocycles. The minimum absolute atomic E-state index is 0.114. The fourth-order valence-corrected chi connectivity index (χ4v) is 5.55. The van der Waals surface area contributed by atoms with E-state index in [0.29, 0.717) is 0 Å². The van der Waals surface area contributed by atoms with Crippen LogP contribution in [0.5, 0.6) is 0 Å². The van der Waals surface area contributed by atoms with Gasteiger partial charge in [0.15, 0.2) is 30.0 Å². The topological polar surface area (TPSA) is 321 Å². The van der Waals surface area contributed by atoms with Crippen molar-refractivity contribution in [3.8, 4) is 0 Å². The van der Waals surface area contributed by atoms with E-state index < -0.39 is 109 Å². The number of hydrogen-bond donors (Lipinski definition) is 9. The number of fused-ring (bicyclic) bond motifs is 1. The number of imidazole rings is 1. The van der Waals surface area contributed by atoms with Crippen molar-refractivity contribution >= 4 is 27.5 Å². The summed E-state index contributed by atoms with van der Waals surface area (Å²) in [6, 6.07) is 0. The molecule has 248 valence electrons. The van der Waals surface area contributed by atoms with Gasteiger partial charge in [0.2, 0.25) is 5.95 Å². The van der Waals surface area contributed by atoms with Gasteiger partial charge in [-0.05, 0) is 13.8 Å². The van der Waals surface area contributed by atoms with Crippen LogP contribution in [0, 0.1) is 0 Å². The second-order valence-corrected chi connectivity index (χ2v) is 11.7. The molecule has 5 rings (SSSR count). The molecule has 0 unspecified atom stereocenters. The summed E-state index contributed by atoms with van der Waals surface area (Å²) in [5.74, 6) is -0.281. The Hall–Kier alpha value is -2.42. The molecule has 0 aromatic carbocycles. The molecule has 14 atom stereocenters. The van der Waals surface area contributed by atoms with Gasteiger partial charge >= 0.3 is 10.4 Å². The van der Waals surface area contributed by atoms with Gasteiger partial charge in [-0.25, -0.2) is 9.17 Å². The van der Waals surface area contributed by atoms with Crippen LogP contribution in [0.1, 0.15) is 20.1 Å². The van der Waals surface area contributed by atoms with Gasteiger partial charge in [-0.15, -0.1) is 0 Å². The molecule has 22 heteroatoms. The lowest BCUT2D eigenvalue weighted by Crippen LogP contribution is -2.64. The average molecular weight is 656 g/mol. The number of nitrogens with two attached hydrogens (primary N) is 1. The maximum atomic E-state index is 12.2. The van der Waals surface area contributed by atoms with Gasteiger partial charge in [-0.1, -0.05) is 0 Å². The molecule has 21 nitrogen and oxygen atoms in total. The van der Waals surface area contributed by atoms with Crippen LogP contribution >= 0.6 is 0 Å². The highest BCUT2D eigenvalue weighted by Gasteiger charge is 2.53. The number of aromatic nitrogens is 4. The Morgan fingerprint density at radius 3 is 2.18 bits per heavy atom. The zero-order valence-electron chi connectivity index (χ0n) is 23.0. The highest BCUT2D eigenvalue weighted by molar-refractivity contribution is 7.80. The van der Waals surface area contributed by atoms with E-state index in [1.165, 1.54) is 13.8 Å². The third kappa shape index (κ3) is 6.32. The molecule has 0 radical (unpaired) electrons. The second kappa shape index (κ2) is 12.4. The third-order valence-corrected chi connectivity index (χ3v) is 8.02. The van der Waals surface area contributed by atoms with Crippen LogP contribution < -0.4 is 11.3 Å². The van der Waals surface area contributed by atoms with Gasteiger partial charge < -0.3 is 60.1 Å². The molecule has 3 aliphatic rings. The molecule has 0 aliphatic carbocycles. The predicted octanol–water partition coefficient (Wildman–Crippen LogP) is -5.16. The lowest BCUT2D eigenvalue weighted by molar-refractivity contribution is -0.360. The van der Waals surface area contributed by atoms with E-state index in [4.69, 9.17) is 34.0 Å². The first-order valence-corrected chi connectivity index (χ1v) is 14.6. The quantitative estimate of drug-likeness (QED) is 0.120. The molecule has 5 heterocycles. The second-order valence-electron chi connectivity index (χ2n) is 10.6. The lowest BCUT2D eigenvalue weighted by atomic mass is 9.97. The van der Waals surface area contributed by atoms with Gasteiger partial charge in [-0.3, -0.25) is 18.9 Å². The van der Waals surface area contributed by atoms with Crippen molar-refractivity contribution in [2.75, 3.05) is 12.3 Å². The normalized spacial score (nSPS) is 41.8. The predicted molar refractivity (Wildman–Crippen MR) is 138 cm³/mol. The van der Waals surface area contributed by atoms with E-state index in [1.54, 1.807) is 0 Å². The van der Waals surface area contributed by atoms with Crippen LogP contribution in [-0.2, 0) is 38.3 Å². The number of ether oxygens (including phenoxy) is 5. The SMILES string of the molecule is C[C@@H]1O[C@@H](O[C@H]2[C@H](O)[C@H](O[C@H]3[C@@H](O)[C@H](n4cnc5c(=O)[nH]c(N)nc54)O[C@@H]3COS(=O)(=O)O)O[C@@H](C)[C@H]2O)[C@@H](O)[C@H](O)[C@@H]1O. The van der Waals surface area contributed by atoms with E-state index >= 15 is 0 Å². The van der Waals surface area contributed by atoms with Gasteiger partial charge in [-0.2, -0.15) is 13.4 Å². The number of hydrogen-bond acceptors (Lipinski definition) is 18. The Balaban J connectivity index is 1.40. The largest absolute Gasteiger partial charge is 0.397 e. The van der Waals surface area contributed by atoms with Crippen molar-refractivity contribution in [2.24, 2.45) is 0 Å². The molecule has 3 saturated heterocycles. The molecule has 3 fully saturated rings. The Kier molecular flexibility index (Phi) is 9.29. The number of nitrogen functional groups attached to an aromatic ring is 1. The maximum Gasteiger partial charge on any atom is 0.397 e.